The summed E-state index contributed by atoms with van der Waals surface area (Å²) in [5.74, 6) is 0.824. The third kappa shape index (κ3) is 3.83. The summed E-state index contributed by atoms with van der Waals surface area (Å²) in [6.45, 7) is 0. The second-order valence-electron chi connectivity index (χ2n) is 5.28. The number of thiocarbonyl (C=S) groups is 1. The molecule has 1 amide bonds. The molecule has 4 nitrogen and oxygen atoms in total. The van der Waals surface area contributed by atoms with Crippen molar-refractivity contribution in [3.05, 3.63) is 50.8 Å². The van der Waals surface area contributed by atoms with Crippen LogP contribution in [0.25, 0.3) is 17.2 Å². The van der Waals surface area contributed by atoms with Gasteiger partial charge in [-0.05, 0) is 41.5 Å². The molecule has 0 unspecified atom stereocenters. The van der Waals surface area contributed by atoms with Crippen molar-refractivity contribution in [3.63, 3.8) is 0 Å². The highest BCUT2D eigenvalue weighted by atomic mass is 35.5. The molecule has 3 rings (SSSR count). The average Bonchev–Trinajstić information content (AvgIpc) is 2.93. The molecule has 0 atom stereocenters. The molecule has 1 aliphatic rings. The number of amides is 1. The molecule has 8 heteroatoms. The number of carbonyl (C=O) groups excluding carboxylic acids is 1. The number of benzene rings is 2. The van der Waals surface area contributed by atoms with Crippen LogP contribution in [0.5, 0.6) is 11.5 Å². The number of halogens is 2. The molecule has 1 N–H and O–H groups in total. The van der Waals surface area contributed by atoms with Crippen molar-refractivity contribution >= 4 is 63.5 Å². The lowest BCUT2D eigenvalue weighted by Gasteiger charge is -2.14. The number of hydrogen-bond acceptors (Lipinski definition) is 5. The molecule has 0 aromatic heterocycles. The number of nitrogens with one attached hydrogen (secondary N) is 1. The lowest BCUT2D eigenvalue weighted by atomic mass is 10.0. The van der Waals surface area contributed by atoms with Gasteiger partial charge in [-0.1, -0.05) is 53.2 Å². The van der Waals surface area contributed by atoms with E-state index in [0.29, 0.717) is 36.3 Å². The Morgan fingerprint density at radius 1 is 1.08 bits per heavy atom. The molecule has 134 valence electrons. The van der Waals surface area contributed by atoms with Crippen LogP contribution in [0.1, 0.15) is 5.56 Å². The molecule has 0 aliphatic carbocycles. The van der Waals surface area contributed by atoms with Crippen molar-refractivity contribution in [2.45, 2.75) is 0 Å². The van der Waals surface area contributed by atoms with Gasteiger partial charge in [0.25, 0.3) is 5.91 Å². The first-order valence-electron chi connectivity index (χ1n) is 7.39. The van der Waals surface area contributed by atoms with Gasteiger partial charge < -0.3 is 14.8 Å². The maximum atomic E-state index is 12.0. The lowest BCUT2D eigenvalue weighted by molar-refractivity contribution is -0.115. The first kappa shape index (κ1) is 19.0. The molecule has 2 aromatic carbocycles. The summed E-state index contributed by atoms with van der Waals surface area (Å²) < 4.78 is 11.4. The van der Waals surface area contributed by atoms with Crippen LogP contribution in [0.2, 0.25) is 10.0 Å². The topological polar surface area (TPSA) is 47.6 Å². The van der Waals surface area contributed by atoms with Crippen molar-refractivity contribution in [3.8, 4) is 22.6 Å². The predicted molar refractivity (Wildman–Crippen MR) is 111 cm³/mol. The Kier molecular flexibility index (Phi) is 5.77. The van der Waals surface area contributed by atoms with E-state index in [1.54, 1.807) is 32.4 Å². The monoisotopic (exact) mass is 425 g/mol. The molecule has 0 bridgehead atoms. The minimum atomic E-state index is -0.235. The Hall–Kier alpha value is -1.73. The molecule has 2 aromatic rings. The fourth-order valence-corrected chi connectivity index (χ4v) is 3.84. The Labute approximate surface area is 170 Å². The van der Waals surface area contributed by atoms with Crippen LogP contribution in [-0.4, -0.2) is 24.4 Å². The van der Waals surface area contributed by atoms with Gasteiger partial charge in [0.2, 0.25) is 0 Å². The van der Waals surface area contributed by atoms with Gasteiger partial charge in [0, 0.05) is 5.56 Å². The Balaban J connectivity index is 2.16. The first-order valence-corrected chi connectivity index (χ1v) is 9.37. The van der Waals surface area contributed by atoms with Crippen molar-refractivity contribution in [2.75, 3.05) is 14.2 Å². The second-order valence-corrected chi connectivity index (χ2v) is 7.82. The number of hydrogen-bond donors (Lipinski definition) is 1. The van der Waals surface area contributed by atoms with E-state index in [2.05, 4.69) is 5.32 Å². The van der Waals surface area contributed by atoms with Gasteiger partial charge in [0.1, 0.15) is 4.32 Å². The smallest absolute Gasteiger partial charge is 0.263 e. The number of ether oxygens (including phenoxy) is 2. The van der Waals surface area contributed by atoms with Crippen LogP contribution < -0.4 is 14.8 Å². The quantitative estimate of drug-likeness (QED) is 0.540. The minimum absolute atomic E-state index is 0.235. The number of methoxy groups -OCH3 is 2. The van der Waals surface area contributed by atoms with Gasteiger partial charge in [-0.3, -0.25) is 4.79 Å². The Morgan fingerprint density at radius 3 is 2.42 bits per heavy atom. The zero-order valence-corrected chi connectivity index (χ0v) is 16.9. The van der Waals surface area contributed by atoms with Crippen LogP contribution in [0.4, 0.5) is 0 Å². The largest absolute Gasteiger partial charge is 0.493 e. The van der Waals surface area contributed by atoms with Gasteiger partial charge >= 0.3 is 0 Å². The van der Waals surface area contributed by atoms with Crippen LogP contribution in [-0.2, 0) is 4.79 Å². The minimum Gasteiger partial charge on any atom is -0.493 e. The highest BCUT2D eigenvalue weighted by Crippen LogP contribution is 2.40. The molecular weight excluding hydrogens is 413 g/mol. The van der Waals surface area contributed by atoms with E-state index < -0.39 is 0 Å². The molecule has 26 heavy (non-hydrogen) atoms. The molecule has 1 heterocycles. The summed E-state index contributed by atoms with van der Waals surface area (Å²) in [4.78, 5) is 12.5. The van der Waals surface area contributed by atoms with Gasteiger partial charge in [-0.25, -0.2) is 0 Å². The highest BCUT2D eigenvalue weighted by Gasteiger charge is 2.23. The summed E-state index contributed by atoms with van der Waals surface area (Å²) in [5.41, 5.74) is 2.40. The first-order chi connectivity index (χ1) is 12.4. The third-order valence-electron chi connectivity index (χ3n) is 3.69. The molecule has 1 fully saturated rings. The molecule has 1 saturated heterocycles. The van der Waals surface area contributed by atoms with E-state index >= 15 is 0 Å². The number of thioether (sulfide) groups is 1. The standard InChI is InChI=1S/C18H13Cl2NO3S2/c1-23-14-7-10(9-3-4-12(19)13(20)6-9)5-11(16(14)24-2)8-15-17(22)21-18(25)26-15/h3-8H,1-2H3,(H,21,22,25). The fourth-order valence-electron chi connectivity index (χ4n) is 2.51. The highest BCUT2D eigenvalue weighted by molar-refractivity contribution is 8.26. The zero-order chi connectivity index (χ0) is 18.8. The van der Waals surface area contributed by atoms with E-state index in [1.165, 1.54) is 11.8 Å². The van der Waals surface area contributed by atoms with E-state index in [0.717, 1.165) is 11.1 Å². The molecule has 0 saturated carbocycles. The normalized spacial score (nSPS) is 15.3. The lowest BCUT2D eigenvalue weighted by Crippen LogP contribution is -2.17. The van der Waals surface area contributed by atoms with Crippen molar-refractivity contribution in [2.24, 2.45) is 0 Å². The Bertz CT molecular complexity index is 944. The van der Waals surface area contributed by atoms with Gasteiger partial charge in [0.05, 0.1) is 29.2 Å². The van der Waals surface area contributed by atoms with Crippen LogP contribution in [0, 0.1) is 0 Å². The summed E-state index contributed by atoms with van der Waals surface area (Å²) in [6, 6.07) is 9.09. The van der Waals surface area contributed by atoms with E-state index in [4.69, 9.17) is 44.9 Å². The van der Waals surface area contributed by atoms with E-state index in [1.807, 2.05) is 18.2 Å². The van der Waals surface area contributed by atoms with Crippen molar-refractivity contribution in [1.29, 1.82) is 0 Å². The Morgan fingerprint density at radius 2 is 1.85 bits per heavy atom. The maximum absolute atomic E-state index is 12.0. The predicted octanol–water partition coefficient (Wildman–Crippen LogP) is 5.17. The molecule has 0 radical (unpaired) electrons. The summed E-state index contributed by atoms with van der Waals surface area (Å²) in [5, 5.41) is 3.53. The van der Waals surface area contributed by atoms with Crippen molar-refractivity contribution in [1.82, 2.24) is 5.32 Å². The van der Waals surface area contributed by atoms with Crippen LogP contribution in [0.3, 0.4) is 0 Å². The van der Waals surface area contributed by atoms with Gasteiger partial charge in [0.15, 0.2) is 11.5 Å². The number of carbonyl (C=O) groups is 1. The summed E-state index contributed by atoms with van der Waals surface area (Å²) in [6.07, 6.45) is 1.72. The summed E-state index contributed by atoms with van der Waals surface area (Å²) in [7, 11) is 3.10. The molecular formula is C18H13Cl2NO3S2. The maximum Gasteiger partial charge on any atom is 0.263 e. The molecule has 0 spiro atoms. The fraction of sp³-hybridized carbons (Fsp3) is 0.111. The molecule has 1 aliphatic heterocycles. The van der Waals surface area contributed by atoms with Crippen molar-refractivity contribution < 1.29 is 14.3 Å². The van der Waals surface area contributed by atoms with E-state index in [-0.39, 0.29) is 5.91 Å². The van der Waals surface area contributed by atoms with E-state index in [9.17, 15) is 4.79 Å². The SMILES string of the molecule is COc1cc(-c2ccc(Cl)c(Cl)c2)cc(C=C2SC(=S)NC2=O)c1OC. The van der Waals surface area contributed by atoms with Gasteiger partial charge in [-0.15, -0.1) is 0 Å². The van der Waals surface area contributed by atoms with Crippen LogP contribution in [0.15, 0.2) is 35.2 Å². The third-order valence-corrected chi connectivity index (χ3v) is 5.59. The number of rotatable bonds is 4. The zero-order valence-electron chi connectivity index (χ0n) is 13.8. The summed E-state index contributed by atoms with van der Waals surface area (Å²) >= 11 is 18.4. The second kappa shape index (κ2) is 7.88. The van der Waals surface area contributed by atoms with Gasteiger partial charge in [-0.2, -0.15) is 0 Å². The van der Waals surface area contributed by atoms with Crippen LogP contribution >= 0.6 is 47.2 Å². The average molecular weight is 426 g/mol.